The molecule has 0 radical (unpaired) electrons. The van der Waals surface area contributed by atoms with E-state index in [9.17, 15) is 23.9 Å². The molecule has 2 aromatic carbocycles. The molecule has 5 heterocycles. The topological polar surface area (TPSA) is 191 Å². The first kappa shape index (κ1) is 54.2. The van der Waals surface area contributed by atoms with E-state index in [1.54, 1.807) is 32.1 Å². The Morgan fingerprint density at radius 3 is 2.39 bits per heavy atom. The van der Waals surface area contributed by atoms with Gasteiger partial charge in [0, 0.05) is 68.7 Å². The number of hydrogen-bond acceptors (Lipinski definition) is 14. The van der Waals surface area contributed by atoms with Gasteiger partial charge in [0.05, 0.1) is 51.4 Å². The van der Waals surface area contributed by atoms with Gasteiger partial charge in [0.2, 0.25) is 11.8 Å². The SMILES string of the molecule is Cc1ncsc1-c1ccc(CNC(=O)[C@@H]2C[C@@H](O)CN2C(=O)[C@@H](NC(=O)C2(F)CC2)C(C)(C)C)c(OC2CCC(CN3CCC(Nc4cccc(Sc5cnc(N6CCC(C)(CN)CC6)cn5)c4Cl)CC3)CC2)c1. The molecule has 400 valence electrons. The van der Waals surface area contributed by atoms with E-state index >= 15 is 0 Å². The normalized spacial score (nSPS) is 23.5. The monoisotopic (exact) mass is 1070 g/mol. The van der Waals surface area contributed by atoms with Crippen LogP contribution >= 0.6 is 34.7 Å². The van der Waals surface area contributed by atoms with E-state index in [1.807, 2.05) is 55.2 Å². The zero-order chi connectivity index (χ0) is 52.4. The maximum absolute atomic E-state index is 14.7. The Hall–Kier alpha value is -4.59. The highest BCUT2D eigenvalue weighted by molar-refractivity contribution is 7.99. The Morgan fingerprint density at radius 2 is 1.74 bits per heavy atom. The molecule has 0 unspecified atom stereocenters. The predicted molar refractivity (Wildman–Crippen MR) is 290 cm³/mol. The molecule has 0 bridgehead atoms. The molecule has 2 aliphatic carbocycles. The molecular formula is C55H74ClFN10O5S2. The van der Waals surface area contributed by atoms with E-state index in [2.05, 4.69) is 43.7 Å². The minimum atomic E-state index is -1.96. The third-order valence-electron chi connectivity index (χ3n) is 16.0. The fourth-order valence-electron chi connectivity index (χ4n) is 10.8. The van der Waals surface area contributed by atoms with Crippen molar-refractivity contribution in [2.24, 2.45) is 22.5 Å². The second kappa shape index (κ2) is 22.9. The summed E-state index contributed by atoms with van der Waals surface area (Å²) < 4.78 is 21.6. The van der Waals surface area contributed by atoms with E-state index < -0.39 is 47.0 Å². The number of nitrogens with two attached hydrogens (primary N) is 1. The van der Waals surface area contributed by atoms with Gasteiger partial charge < -0.3 is 46.2 Å². The minimum absolute atomic E-state index is 0.00803. The van der Waals surface area contributed by atoms with Gasteiger partial charge in [-0.1, -0.05) is 69.3 Å². The van der Waals surface area contributed by atoms with Crippen molar-refractivity contribution in [1.29, 1.82) is 0 Å². The highest BCUT2D eigenvalue weighted by Gasteiger charge is 2.53. The fraction of sp³-hybridized carbons (Fsp3) is 0.600. The number of aromatic nitrogens is 3. The number of ether oxygens (including phenoxy) is 1. The van der Waals surface area contributed by atoms with E-state index in [0.717, 1.165) is 127 Å². The summed E-state index contributed by atoms with van der Waals surface area (Å²) >= 11 is 10.1. The van der Waals surface area contributed by atoms with Crippen LogP contribution in [0.15, 0.2) is 64.2 Å². The van der Waals surface area contributed by atoms with Crippen LogP contribution in [-0.4, -0.2) is 129 Å². The van der Waals surface area contributed by atoms with Crippen LogP contribution in [-0.2, 0) is 20.9 Å². The Kier molecular flexibility index (Phi) is 16.8. The Bertz CT molecular complexity index is 2610. The number of rotatable bonds is 17. The fourth-order valence-corrected chi connectivity index (χ4v) is 12.7. The summed E-state index contributed by atoms with van der Waals surface area (Å²) in [4.78, 5) is 63.0. The lowest BCUT2D eigenvalue weighted by molar-refractivity contribution is -0.145. The number of carbonyl (C=O) groups excluding carboxylic acids is 3. The van der Waals surface area contributed by atoms with Gasteiger partial charge in [-0.3, -0.25) is 14.4 Å². The molecule has 15 nitrogen and oxygen atoms in total. The van der Waals surface area contributed by atoms with Crippen molar-refractivity contribution in [3.05, 3.63) is 70.6 Å². The maximum atomic E-state index is 14.7. The molecule has 6 N–H and O–H groups in total. The molecular weight excluding hydrogens is 999 g/mol. The van der Waals surface area contributed by atoms with Gasteiger partial charge >= 0.3 is 0 Å². The van der Waals surface area contributed by atoms with Crippen molar-refractivity contribution >= 4 is 63.9 Å². The Labute approximate surface area is 448 Å². The summed E-state index contributed by atoms with van der Waals surface area (Å²) in [7, 11) is 0. The number of amides is 3. The van der Waals surface area contributed by atoms with Gasteiger partial charge in [0.15, 0.2) is 5.67 Å². The van der Waals surface area contributed by atoms with Crippen LogP contribution < -0.4 is 31.3 Å². The summed E-state index contributed by atoms with van der Waals surface area (Å²) in [5.41, 5.74) is 8.98. The van der Waals surface area contributed by atoms with Crippen LogP contribution in [0.5, 0.6) is 5.75 Å². The third-order valence-corrected chi connectivity index (χ3v) is 18.5. The highest BCUT2D eigenvalue weighted by atomic mass is 35.5. The zero-order valence-corrected chi connectivity index (χ0v) is 45.9. The van der Waals surface area contributed by atoms with Gasteiger partial charge in [-0.15, -0.1) is 11.3 Å². The lowest BCUT2D eigenvalue weighted by Crippen LogP contribution is -2.59. The average molecular weight is 1070 g/mol. The van der Waals surface area contributed by atoms with E-state index in [4.69, 9.17) is 32.0 Å². The summed E-state index contributed by atoms with van der Waals surface area (Å²) in [6, 6.07) is 10.5. The van der Waals surface area contributed by atoms with Crippen molar-refractivity contribution < 1.29 is 28.6 Å². The zero-order valence-electron chi connectivity index (χ0n) is 43.5. The summed E-state index contributed by atoms with van der Waals surface area (Å²) in [6.07, 6.45) is 11.2. The van der Waals surface area contributed by atoms with E-state index in [0.29, 0.717) is 29.3 Å². The summed E-state index contributed by atoms with van der Waals surface area (Å²) in [6.45, 7) is 15.4. The number of anilines is 2. The molecule has 3 aliphatic heterocycles. The quantitative estimate of drug-likeness (QED) is 0.0678. The van der Waals surface area contributed by atoms with Crippen molar-refractivity contribution in [2.45, 2.75) is 158 Å². The van der Waals surface area contributed by atoms with E-state index in [1.165, 1.54) is 16.7 Å². The van der Waals surface area contributed by atoms with Gasteiger partial charge in [0.1, 0.15) is 28.7 Å². The molecule has 3 atom stereocenters. The van der Waals surface area contributed by atoms with Gasteiger partial charge in [-0.05, 0) is 118 Å². The first-order chi connectivity index (χ1) is 35.4. The number of halogens is 2. The average Bonchev–Trinajstić information content (AvgIpc) is 3.79. The second-order valence-electron chi connectivity index (χ2n) is 22.9. The lowest BCUT2D eigenvalue weighted by atomic mass is 9.80. The molecule has 5 fully saturated rings. The van der Waals surface area contributed by atoms with Crippen molar-refractivity contribution in [3.63, 3.8) is 0 Å². The van der Waals surface area contributed by atoms with Crippen molar-refractivity contribution in [3.8, 4) is 16.2 Å². The predicted octanol–water partition coefficient (Wildman–Crippen LogP) is 8.40. The molecule has 0 spiro atoms. The minimum Gasteiger partial charge on any atom is -0.490 e. The summed E-state index contributed by atoms with van der Waals surface area (Å²) in [5, 5.41) is 21.7. The molecule has 3 saturated heterocycles. The van der Waals surface area contributed by atoms with Crippen molar-refractivity contribution in [2.75, 3.05) is 56.0 Å². The smallest absolute Gasteiger partial charge is 0.258 e. The number of nitrogens with zero attached hydrogens (tertiary/aromatic N) is 6. The van der Waals surface area contributed by atoms with Crippen LogP contribution in [0.2, 0.25) is 5.02 Å². The molecule has 19 heteroatoms. The summed E-state index contributed by atoms with van der Waals surface area (Å²) in [5.74, 6) is 0.415. The first-order valence-corrected chi connectivity index (χ1v) is 28.6. The number of aliphatic hydroxyl groups excluding tert-OH is 1. The molecule has 5 aliphatic rings. The molecule has 2 saturated carbocycles. The Balaban J connectivity index is 0.756. The number of likely N-dealkylation sites (tertiary alicyclic amines) is 2. The number of benzene rings is 2. The number of hydrogen-bond donors (Lipinski definition) is 5. The van der Waals surface area contributed by atoms with E-state index in [-0.39, 0.29) is 43.9 Å². The van der Waals surface area contributed by atoms with Gasteiger partial charge in [0.25, 0.3) is 5.91 Å². The number of piperidine rings is 2. The van der Waals surface area contributed by atoms with Crippen LogP contribution in [0.25, 0.3) is 10.4 Å². The van der Waals surface area contributed by atoms with Crippen LogP contribution in [0.1, 0.15) is 110 Å². The van der Waals surface area contributed by atoms with Gasteiger partial charge in [-0.2, -0.15) is 0 Å². The highest BCUT2D eigenvalue weighted by Crippen LogP contribution is 2.42. The number of aliphatic hydroxyl groups is 1. The van der Waals surface area contributed by atoms with Gasteiger partial charge in [-0.25, -0.2) is 19.3 Å². The molecule has 2 aromatic heterocycles. The standard InChI is InChI=1S/C55H74ClFN10O5S2/c1-34-48(73-33-62-34)36-11-12-37(27-61-50(69)42-26-39(68)31-67(42)51(70)49(53(2,3)4)64-52(71)55(57)17-18-55)43(25-36)72-40-13-9-35(10-14-40)30-65-21-15-38(16-22-65)63-41-7-6-8-44(47(41)56)74-46-29-59-45(28-60-46)66-23-19-54(5,32-58)20-24-66/h6-8,11-12,25,28-29,33,35,38-40,42,49,63,68H,9-10,13-24,26-27,30-32,58H2,1-5H3,(H,61,69)(H,64,71)/t35?,39-,40?,42+,49-/m1/s1. The van der Waals surface area contributed by atoms with Crippen molar-refractivity contribution in [1.82, 2.24) is 35.4 Å². The largest absolute Gasteiger partial charge is 0.490 e. The first-order valence-electron chi connectivity index (χ1n) is 26.6. The van der Waals surface area contributed by atoms with Crippen LogP contribution in [0.4, 0.5) is 15.9 Å². The second-order valence-corrected chi connectivity index (χ2v) is 25.2. The number of aryl methyl sites for hydroxylation is 1. The number of β-amino-alcohol motifs (C(OH)–C–C–N with tert-alkyl or cyclic N) is 1. The van der Waals surface area contributed by atoms with Crippen LogP contribution in [0.3, 0.4) is 0 Å². The molecule has 4 aromatic rings. The number of carbonyl (C=O) groups is 3. The number of alkyl halides is 1. The Morgan fingerprint density at radius 1 is 1.00 bits per heavy atom. The maximum Gasteiger partial charge on any atom is 0.258 e. The van der Waals surface area contributed by atoms with Crippen LogP contribution in [0, 0.1) is 23.7 Å². The number of nitrogens with one attached hydrogen (secondary N) is 3. The molecule has 9 rings (SSSR count). The third kappa shape index (κ3) is 13.0. The number of thiazole rings is 1. The lowest BCUT2D eigenvalue weighted by Gasteiger charge is -2.39. The molecule has 74 heavy (non-hydrogen) atoms. The molecule has 3 amide bonds.